The van der Waals surface area contributed by atoms with Crippen molar-refractivity contribution in [1.29, 1.82) is 0 Å². The zero-order valence-corrected chi connectivity index (χ0v) is 16.8. The van der Waals surface area contributed by atoms with Gasteiger partial charge in [-0.3, -0.25) is 9.59 Å². The van der Waals surface area contributed by atoms with Crippen molar-refractivity contribution in [2.24, 2.45) is 5.10 Å². The lowest BCUT2D eigenvalue weighted by Gasteiger charge is -2.09. The first kappa shape index (κ1) is 21.3. The van der Waals surface area contributed by atoms with E-state index < -0.39 is 11.8 Å². The van der Waals surface area contributed by atoms with Gasteiger partial charge in [-0.15, -0.1) is 0 Å². The molecule has 7 nitrogen and oxygen atoms in total. The minimum absolute atomic E-state index is 0.0255. The van der Waals surface area contributed by atoms with Gasteiger partial charge < -0.3 is 14.8 Å². The van der Waals surface area contributed by atoms with Crippen LogP contribution < -0.4 is 10.7 Å². The standard InChI is InChI=1S/C24H21N3O4/c1-17(14-20-11-7-13-31-20)16-25-27-24(30)21(15-19-10-5-6-12-22(19)28)26-23(29)18-8-3-2-4-9-18/h2-16,28H,1H3,(H,26,29)(H,27,30). The number of nitrogens with one attached hydrogen (secondary N) is 2. The highest BCUT2D eigenvalue weighted by atomic mass is 16.3. The van der Waals surface area contributed by atoms with E-state index in [1.807, 2.05) is 0 Å². The summed E-state index contributed by atoms with van der Waals surface area (Å²) in [5, 5.41) is 16.5. The molecule has 2 amide bonds. The van der Waals surface area contributed by atoms with Gasteiger partial charge in [-0.05, 0) is 55.0 Å². The van der Waals surface area contributed by atoms with E-state index in [1.54, 1.807) is 79.9 Å². The van der Waals surface area contributed by atoms with Gasteiger partial charge in [-0.1, -0.05) is 36.4 Å². The van der Waals surface area contributed by atoms with Gasteiger partial charge in [0.05, 0.1) is 12.5 Å². The van der Waals surface area contributed by atoms with E-state index in [0.717, 1.165) is 5.57 Å². The van der Waals surface area contributed by atoms with E-state index >= 15 is 0 Å². The van der Waals surface area contributed by atoms with E-state index in [1.165, 1.54) is 18.4 Å². The Hall–Kier alpha value is -4.39. The summed E-state index contributed by atoms with van der Waals surface area (Å²) in [6, 6.07) is 18.5. The lowest BCUT2D eigenvalue weighted by Crippen LogP contribution is -2.32. The van der Waals surface area contributed by atoms with Crippen molar-refractivity contribution in [3.8, 4) is 5.75 Å². The fraction of sp³-hybridized carbons (Fsp3) is 0.0417. The third-order valence-electron chi connectivity index (χ3n) is 4.11. The first-order chi connectivity index (χ1) is 15.0. The molecule has 0 fully saturated rings. The molecule has 0 saturated carbocycles. The van der Waals surface area contributed by atoms with Crippen molar-refractivity contribution in [3.05, 3.63) is 101 Å². The van der Waals surface area contributed by atoms with Gasteiger partial charge in [0.1, 0.15) is 17.2 Å². The quantitative estimate of drug-likeness (QED) is 0.309. The number of benzene rings is 2. The second-order valence-electron chi connectivity index (χ2n) is 6.54. The summed E-state index contributed by atoms with van der Waals surface area (Å²) in [7, 11) is 0. The van der Waals surface area contributed by atoms with Crippen LogP contribution in [0.2, 0.25) is 0 Å². The predicted octanol–water partition coefficient (Wildman–Crippen LogP) is 3.96. The predicted molar refractivity (Wildman–Crippen MR) is 119 cm³/mol. The third-order valence-corrected chi connectivity index (χ3v) is 4.11. The maximum absolute atomic E-state index is 12.7. The molecule has 0 unspecified atom stereocenters. The largest absolute Gasteiger partial charge is 0.507 e. The number of furan rings is 1. The fourth-order valence-electron chi connectivity index (χ4n) is 2.60. The Morgan fingerprint density at radius 3 is 2.42 bits per heavy atom. The highest BCUT2D eigenvalue weighted by Crippen LogP contribution is 2.18. The molecule has 0 spiro atoms. The van der Waals surface area contributed by atoms with Crippen LogP contribution in [-0.2, 0) is 4.79 Å². The molecule has 0 aliphatic heterocycles. The molecule has 0 saturated heterocycles. The topological polar surface area (TPSA) is 104 Å². The molecule has 3 aromatic rings. The number of hydrogen-bond acceptors (Lipinski definition) is 5. The van der Waals surface area contributed by atoms with Crippen LogP contribution >= 0.6 is 0 Å². The lowest BCUT2D eigenvalue weighted by atomic mass is 10.1. The molecule has 2 aromatic carbocycles. The number of nitrogens with zero attached hydrogens (tertiary/aromatic N) is 1. The number of phenolic OH excluding ortho intramolecular Hbond substituents is 1. The van der Waals surface area contributed by atoms with E-state index in [-0.39, 0.29) is 11.4 Å². The molecule has 0 bridgehead atoms. The number of rotatable bonds is 7. The molecule has 3 rings (SSSR count). The van der Waals surface area contributed by atoms with Crippen molar-refractivity contribution >= 4 is 30.2 Å². The van der Waals surface area contributed by atoms with Gasteiger partial charge >= 0.3 is 0 Å². The van der Waals surface area contributed by atoms with E-state index in [4.69, 9.17) is 4.42 Å². The van der Waals surface area contributed by atoms with Crippen molar-refractivity contribution in [1.82, 2.24) is 10.7 Å². The van der Waals surface area contributed by atoms with E-state index in [0.29, 0.717) is 16.9 Å². The molecule has 31 heavy (non-hydrogen) atoms. The van der Waals surface area contributed by atoms with Crippen LogP contribution in [-0.4, -0.2) is 23.1 Å². The molecule has 0 aliphatic rings. The number of hydrogen-bond donors (Lipinski definition) is 3. The Balaban J connectivity index is 1.78. The number of phenols is 1. The smallest absolute Gasteiger partial charge is 0.287 e. The Morgan fingerprint density at radius 2 is 1.71 bits per heavy atom. The first-order valence-corrected chi connectivity index (χ1v) is 9.44. The minimum atomic E-state index is -0.644. The minimum Gasteiger partial charge on any atom is -0.507 e. The van der Waals surface area contributed by atoms with Gasteiger partial charge in [-0.2, -0.15) is 5.10 Å². The lowest BCUT2D eigenvalue weighted by molar-refractivity contribution is -0.117. The average Bonchev–Trinajstić information content (AvgIpc) is 3.28. The van der Waals surface area contributed by atoms with Gasteiger partial charge in [0, 0.05) is 11.1 Å². The highest BCUT2D eigenvalue weighted by molar-refractivity contribution is 6.05. The summed E-state index contributed by atoms with van der Waals surface area (Å²) in [6.45, 7) is 1.80. The number of amides is 2. The number of allylic oxidation sites excluding steroid dienone is 1. The summed E-state index contributed by atoms with van der Waals surface area (Å²) in [5.41, 5.74) is 3.82. The maximum Gasteiger partial charge on any atom is 0.287 e. The Bertz CT molecular complexity index is 1130. The average molecular weight is 415 g/mol. The number of para-hydroxylation sites is 1. The van der Waals surface area contributed by atoms with Gasteiger partial charge in [-0.25, -0.2) is 5.43 Å². The summed E-state index contributed by atoms with van der Waals surface area (Å²) < 4.78 is 5.23. The molecule has 0 aliphatic carbocycles. The molecule has 0 radical (unpaired) electrons. The van der Waals surface area contributed by atoms with Gasteiger partial charge in [0.25, 0.3) is 11.8 Å². The summed E-state index contributed by atoms with van der Waals surface area (Å²) in [4.78, 5) is 25.2. The second kappa shape index (κ2) is 10.4. The Morgan fingerprint density at radius 1 is 0.968 bits per heavy atom. The van der Waals surface area contributed by atoms with E-state index in [2.05, 4.69) is 15.8 Å². The summed E-state index contributed by atoms with van der Waals surface area (Å²) in [5.74, 6) is -0.474. The Kier molecular flexibility index (Phi) is 7.16. The molecule has 0 atom stereocenters. The first-order valence-electron chi connectivity index (χ1n) is 9.44. The van der Waals surface area contributed by atoms with Crippen LogP contribution in [0.1, 0.15) is 28.6 Å². The van der Waals surface area contributed by atoms with Crippen LogP contribution in [0.4, 0.5) is 0 Å². The number of carbonyl (C=O) groups excluding carboxylic acids is 2. The van der Waals surface area contributed by atoms with Crippen LogP contribution in [0.15, 0.2) is 93.8 Å². The second-order valence-corrected chi connectivity index (χ2v) is 6.54. The number of hydrazone groups is 1. The molecule has 1 heterocycles. The van der Waals surface area contributed by atoms with Crippen molar-refractivity contribution in [3.63, 3.8) is 0 Å². The van der Waals surface area contributed by atoms with Crippen molar-refractivity contribution in [2.75, 3.05) is 0 Å². The molecular weight excluding hydrogens is 394 g/mol. The van der Waals surface area contributed by atoms with Gasteiger partial charge in [0.15, 0.2) is 0 Å². The fourth-order valence-corrected chi connectivity index (χ4v) is 2.60. The zero-order valence-electron chi connectivity index (χ0n) is 16.8. The van der Waals surface area contributed by atoms with Gasteiger partial charge in [0.2, 0.25) is 0 Å². The van der Waals surface area contributed by atoms with E-state index in [9.17, 15) is 14.7 Å². The zero-order chi connectivity index (χ0) is 22.1. The number of carbonyl (C=O) groups is 2. The number of aromatic hydroxyl groups is 1. The van der Waals surface area contributed by atoms with Crippen LogP contribution in [0.5, 0.6) is 5.75 Å². The third kappa shape index (κ3) is 6.30. The van der Waals surface area contributed by atoms with Crippen LogP contribution in [0, 0.1) is 0 Å². The molecule has 3 N–H and O–H groups in total. The highest BCUT2D eigenvalue weighted by Gasteiger charge is 2.15. The summed E-state index contributed by atoms with van der Waals surface area (Å²) >= 11 is 0. The summed E-state index contributed by atoms with van der Waals surface area (Å²) in [6.07, 6.45) is 6.15. The normalized spacial score (nSPS) is 12.0. The molecular formula is C24H21N3O4. The maximum atomic E-state index is 12.7. The monoisotopic (exact) mass is 415 g/mol. The molecule has 7 heteroatoms. The Labute approximate surface area is 179 Å². The molecule has 1 aromatic heterocycles. The van der Waals surface area contributed by atoms with Crippen LogP contribution in [0.25, 0.3) is 12.2 Å². The van der Waals surface area contributed by atoms with Crippen LogP contribution in [0.3, 0.4) is 0 Å². The SMILES string of the molecule is CC(C=NNC(=O)C(=Cc1ccccc1O)NC(=O)c1ccccc1)=Cc1ccco1. The van der Waals surface area contributed by atoms with Crippen molar-refractivity contribution in [2.45, 2.75) is 6.92 Å². The van der Waals surface area contributed by atoms with Crippen molar-refractivity contribution < 1.29 is 19.1 Å². The molecule has 156 valence electrons.